The van der Waals surface area contributed by atoms with Crippen LogP contribution in [-0.4, -0.2) is 27.7 Å². The number of imide groups is 1. The first kappa shape index (κ1) is 13.0. The van der Waals surface area contributed by atoms with E-state index < -0.39 is 5.91 Å². The van der Waals surface area contributed by atoms with Gasteiger partial charge >= 0.3 is 0 Å². The Hall–Kier alpha value is -2.50. The van der Waals surface area contributed by atoms with Crippen molar-refractivity contribution in [3.05, 3.63) is 42.2 Å². The number of aromatic nitrogens is 1. The van der Waals surface area contributed by atoms with Gasteiger partial charge in [0.05, 0.1) is 11.8 Å². The van der Waals surface area contributed by atoms with Gasteiger partial charge in [0, 0.05) is 18.0 Å². The molecule has 0 aromatic carbocycles. The van der Waals surface area contributed by atoms with Gasteiger partial charge in [-0.15, -0.1) is 0 Å². The van der Waals surface area contributed by atoms with Crippen LogP contribution in [0.15, 0.2) is 36.7 Å². The number of hydrogen-bond acceptors (Lipinski definition) is 4. The molecule has 6 atom stereocenters. The van der Waals surface area contributed by atoms with E-state index in [4.69, 9.17) is 0 Å². The van der Waals surface area contributed by atoms with Crippen molar-refractivity contribution in [2.45, 2.75) is 6.42 Å². The van der Waals surface area contributed by atoms with Crippen LogP contribution in [0.5, 0.6) is 0 Å². The average Bonchev–Trinajstić information content (AvgIpc) is 3.37. The Labute approximate surface area is 132 Å². The molecule has 1 saturated heterocycles. The molecule has 0 spiro atoms. The van der Waals surface area contributed by atoms with Crippen molar-refractivity contribution in [3.63, 3.8) is 0 Å². The van der Waals surface area contributed by atoms with Crippen LogP contribution in [0.1, 0.15) is 16.8 Å². The predicted octanol–water partition coefficient (Wildman–Crippen LogP) is 0.779. The van der Waals surface area contributed by atoms with E-state index in [1.54, 1.807) is 12.1 Å². The summed E-state index contributed by atoms with van der Waals surface area (Å²) in [6, 6.07) is 3.10. The van der Waals surface area contributed by atoms with Crippen molar-refractivity contribution in [3.8, 4) is 0 Å². The zero-order valence-electron chi connectivity index (χ0n) is 12.3. The summed E-state index contributed by atoms with van der Waals surface area (Å²) in [6.45, 7) is 0. The summed E-state index contributed by atoms with van der Waals surface area (Å²) in [5, 5.41) is 0.954. The molecule has 116 valence electrons. The van der Waals surface area contributed by atoms with Gasteiger partial charge < -0.3 is 0 Å². The number of hydrazine groups is 1. The fourth-order valence-electron chi connectivity index (χ4n) is 4.74. The molecule has 1 N–H and O–H groups in total. The zero-order valence-corrected chi connectivity index (χ0v) is 12.3. The van der Waals surface area contributed by atoms with Gasteiger partial charge in [0.1, 0.15) is 0 Å². The van der Waals surface area contributed by atoms with E-state index in [2.05, 4.69) is 22.6 Å². The number of pyridine rings is 1. The molecule has 6 heteroatoms. The van der Waals surface area contributed by atoms with Crippen LogP contribution in [-0.2, 0) is 9.59 Å². The number of nitrogens with one attached hydrogen (secondary N) is 1. The van der Waals surface area contributed by atoms with Gasteiger partial charge in [-0.25, -0.2) is 0 Å². The Balaban J connectivity index is 1.42. The van der Waals surface area contributed by atoms with Gasteiger partial charge in [0.25, 0.3) is 17.7 Å². The molecule has 3 amide bonds. The summed E-state index contributed by atoms with van der Waals surface area (Å²) in [4.78, 5) is 41.5. The van der Waals surface area contributed by atoms with Crippen LogP contribution in [0.2, 0.25) is 0 Å². The normalized spacial score (nSPS) is 39.2. The summed E-state index contributed by atoms with van der Waals surface area (Å²) in [5.74, 6) is -0.128. The maximum Gasteiger partial charge on any atom is 0.270 e. The lowest BCUT2D eigenvalue weighted by molar-refractivity contribution is -0.143. The van der Waals surface area contributed by atoms with E-state index in [1.165, 1.54) is 12.4 Å². The molecule has 3 fully saturated rings. The van der Waals surface area contributed by atoms with Gasteiger partial charge in [-0.05, 0) is 42.2 Å². The van der Waals surface area contributed by atoms with E-state index in [0.717, 1.165) is 11.4 Å². The van der Waals surface area contributed by atoms with Crippen LogP contribution < -0.4 is 5.43 Å². The number of rotatable bonds is 2. The van der Waals surface area contributed by atoms with Crippen LogP contribution in [0.3, 0.4) is 0 Å². The summed E-state index contributed by atoms with van der Waals surface area (Å²) in [7, 11) is 0. The van der Waals surface area contributed by atoms with Crippen molar-refractivity contribution < 1.29 is 14.4 Å². The second-order valence-electron chi connectivity index (χ2n) is 6.84. The van der Waals surface area contributed by atoms with Crippen LogP contribution in [0.25, 0.3) is 0 Å². The Morgan fingerprint density at radius 3 is 2.17 bits per heavy atom. The highest BCUT2D eigenvalue weighted by Crippen LogP contribution is 2.65. The molecule has 2 bridgehead atoms. The van der Waals surface area contributed by atoms with E-state index >= 15 is 0 Å². The molecule has 2 heterocycles. The van der Waals surface area contributed by atoms with Crippen molar-refractivity contribution in [2.24, 2.45) is 35.5 Å². The van der Waals surface area contributed by atoms with Crippen molar-refractivity contribution in [1.82, 2.24) is 15.4 Å². The molecule has 4 aliphatic carbocycles. The molecule has 6 nitrogen and oxygen atoms in total. The molecule has 0 radical (unpaired) electrons. The maximum absolute atomic E-state index is 12.7. The third-order valence-corrected chi connectivity index (χ3v) is 5.82. The predicted molar refractivity (Wildman–Crippen MR) is 78.3 cm³/mol. The van der Waals surface area contributed by atoms with E-state index in [1.807, 2.05) is 0 Å². The molecule has 6 rings (SSSR count). The molecular weight excluding hydrogens is 294 g/mol. The highest BCUT2D eigenvalue weighted by atomic mass is 16.2. The number of carbonyl (C=O) groups excluding carboxylic acids is 3. The molecule has 1 aromatic heterocycles. The van der Waals surface area contributed by atoms with E-state index in [0.29, 0.717) is 17.4 Å². The Bertz CT molecular complexity index is 724. The van der Waals surface area contributed by atoms with Crippen molar-refractivity contribution in [1.29, 1.82) is 0 Å². The SMILES string of the molecule is O=C(NN1C(=O)[C@@H]2C3C=CC(C4CC43)[C@@H]2C1=O)c1ccncc1. The van der Waals surface area contributed by atoms with Crippen LogP contribution in [0.4, 0.5) is 0 Å². The fraction of sp³-hybridized carbons (Fsp3) is 0.412. The number of carbonyl (C=O) groups is 3. The monoisotopic (exact) mass is 309 g/mol. The summed E-state index contributed by atoms with van der Waals surface area (Å²) >= 11 is 0. The first-order valence-electron chi connectivity index (χ1n) is 7.94. The number of amides is 3. The van der Waals surface area contributed by atoms with Gasteiger partial charge in [-0.1, -0.05) is 12.2 Å². The topological polar surface area (TPSA) is 79.4 Å². The molecule has 2 saturated carbocycles. The average molecular weight is 309 g/mol. The standard InChI is InChI=1S/C17H15N3O3/c21-15(8-3-5-18-6-4-8)19-20-16(22)13-9-1-2-10(12-7-11(9)12)14(13)17(20)23/h1-6,9-14H,7H2,(H,19,21)/t9?,10?,11?,12?,13-,14+. The molecule has 23 heavy (non-hydrogen) atoms. The second kappa shape index (κ2) is 4.28. The first-order valence-corrected chi connectivity index (χ1v) is 7.94. The highest BCUT2D eigenvalue weighted by Gasteiger charge is 2.67. The van der Waals surface area contributed by atoms with Gasteiger partial charge in [-0.3, -0.25) is 24.8 Å². The van der Waals surface area contributed by atoms with Gasteiger partial charge in [0.15, 0.2) is 0 Å². The first-order chi connectivity index (χ1) is 11.2. The molecule has 1 aliphatic heterocycles. The molecule has 5 aliphatic rings. The number of nitrogens with zero attached hydrogens (tertiary/aromatic N) is 2. The summed E-state index contributed by atoms with van der Waals surface area (Å²) < 4.78 is 0. The summed E-state index contributed by atoms with van der Waals surface area (Å²) in [6.07, 6.45) is 8.35. The van der Waals surface area contributed by atoms with Crippen LogP contribution in [0, 0.1) is 35.5 Å². The quantitative estimate of drug-likeness (QED) is 0.647. The minimum absolute atomic E-state index is 0.161. The lowest BCUT2D eigenvalue weighted by Gasteiger charge is -2.37. The minimum Gasteiger partial charge on any atom is -0.272 e. The fourth-order valence-corrected chi connectivity index (χ4v) is 4.74. The lowest BCUT2D eigenvalue weighted by atomic mass is 9.63. The maximum atomic E-state index is 12.7. The van der Waals surface area contributed by atoms with E-state index in [9.17, 15) is 14.4 Å². The largest absolute Gasteiger partial charge is 0.272 e. The molecule has 1 aromatic rings. The van der Waals surface area contributed by atoms with E-state index in [-0.39, 0.29) is 35.5 Å². The Kier molecular flexibility index (Phi) is 2.42. The third kappa shape index (κ3) is 1.63. The Morgan fingerprint density at radius 2 is 1.61 bits per heavy atom. The van der Waals surface area contributed by atoms with Crippen LogP contribution >= 0.6 is 0 Å². The third-order valence-electron chi connectivity index (χ3n) is 5.82. The lowest BCUT2D eigenvalue weighted by Crippen LogP contribution is -2.46. The molecular formula is C17H15N3O3. The smallest absolute Gasteiger partial charge is 0.270 e. The number of hydrogen-bond donors (Lipinski definition) is 1. The molecule has 4 unspecified atom stereocenters. The van der Waals surface area contributed by atoms with Crippen molar-refractivity contribution >= 4 is 17.7 Å². The zero-order chi connectivity index (χ0) is 15.7. The Morgan fingerprint density at radius 1 is 1.04 bits per heavy atom. The minimum atomic E-state index is -0.460. The van der Waals surface area contributed by atoms with Crippen molar-refractivity contribution in [2.75, 3.05) is 0 Å². The number of allylic oxidation sites excluding steroid dienone is 2. The van der Waals surface area contributed by atoms with Gasteiger partial charge in [0.2, 0.25) is 0 Å². The second-order valence-corrected chi connectivity index (χ2v) is 6.84. The highest BCUT2D eigenvalue weighted by molar-refractivity contribution is 6.08. The van der Waals surface area contributed by atoms with Gasteiger partial charge in [-0.2, -0.15) is 5.01 Å². The summed E-state index contributed by atoms with van der Waals surface area (Å²) in [5.41, 5.74) is 2.86.